The monoisotopic (exact) mass is 951 g/mol. The zero-order valence-electron chi connectivity index (χ0n) is 36.4. The van der Waals surface area contributed by atoms with Crippen molar-refractivity contribution in [2.24, 2.45) is 0 Å². The van der Waals surface area contributed by atoms with E-state index in [0.717, 1.165) is 28.1 Å². The fourth-order valence-corrected chi connectivity index (χ4v) is 9.03. The molecule has 5 aromatic heterocycles. The number of aryl methyl sites for hydroxylation is 1. The Balaban J connectivity index is 0.866. The van der Waals surface area contributed by atoms with Crippen molar-refractivity contribution in [1.29, 1.82) is 0 Å². The van der Waals surface area contributed by atoms with E-state index in [0.29, 0.717) is 84.7 Å². The molecule has 342 valence electrons. The fraction of sp³-hybridized carbons (Fsp3) is 0.311. The van der Waals surface area contributed by atoms with Gasteiger partial charge in [-0.3, -0.25) is 24.3 Å². The molecule has 18 nitrogen and oxygen atoms in total. The third-order valence-electron chi connectivity index (χ3n) is 11.2. The normalized spacial score (nSPS) is 13.2. The molecule has 1 saturated heterocycles. The first-order valence-electron chi connectivity index (χ1n) is 21.1. The highest BCUT2D eigenvalue weighted by atomic mass is 35.5. The number of methoxy groups -OCH3 is 1. The van der Waals surface area contributed by atoms with Gasteiger partial charge in [-0.25, -0.2) is 9.67 Å². The summed E-state index contributed by atoms with van der Waals surface area (Å²) in [5.41, 5.74) is 12.0. The number of nitrogen functional groups attached to an aromatic ring is 1. The number of pyridine rings is 1. The van der Waals surface area contributed by atoms with Crippen LogP contribution in [0.3, 0.4) is 0 Å². The van der Waals surface area contributed by atoms with Crippen LogP contribution in [0, 0.1) is 13.8 Å². The van der Waals surface area contributed by atoms with Crippen LogP contribution in [0.15, 0.2) is 84.8 Å². The quantitative estimate of drug-likeness (QED) is 0.110. The smallest absolute Gasteiger partial charge is 0.248 e. The van der Waals surface area contributed by atoms with E-state index < -0.39 is 11.9 Å². The Labute approximate surface area is 394 Å². The van der Waals surface area contributed by atoms with Gasteiger partial charge in [-0.2, -0.15) is 9.97 Å². The average Bonchev–Trinajstić information content (AvgIpc) is 4.11. The zero-order valence-corrected chi connectivity index (χ0v) is 38.8. The van der Waals surface area contributed by atoms with Crippen molar-refractivity contribution >= 4 is 80.9 Å². The van der Waals surface area contributed by atoms with Gasteiger partial charge in [0.15, 0.2) is 17.0 Å². The molecule has 21 heteroatoms. The molecule has 1 atom stereocenters. The number of alkyl halides is 1. The number of benzene rings is 2. The molecule has 0 spiro atoms. The predicted molar refractivity (Wildman–Crippen MR) is 252 cm³/mol. The molecule has 66 heavy (non-hydrogen) atoms. The highest BCUT2D eigenvalue weighted by Crippen LogP contribution is 2.36. The Morgan fingerprint density at radius 3 is 2.55 bits per heavy atom. The molecule has 0 bridgehead atoms. The van der Waals surface area contributed by atoms with E-state index >= 15 is 0 Å². The minimum Gasteiger partial charge on any atom is -0.496 e. The summed E-state index contributed by atoms with van der Waals surface area (Å²) in [5.74, 6) is 0.520. The minimum absolute atomic E-state index is 0.000473. The number of hydrogen-bond donors (Lipinski definition) is 2. The number of imidazole rings is 1. The third kappa shape index (κ3) is 10.2. The van der Waals surface area contributed by atoms with Crippen molar-refractivity contribution in [1.82, 2.24) is 49.7 Å². The summed E-state index contributed by atoms with van der Waals surface area (Å²) in [6.45, 7) is 6.59. The second kappa shape index (κ2) is 20.6. The molecule has 7 aromatic rings. The molecule has 0 aliphatic carbocycles. The Hall–Kier alpha value is -6.83. The van der Waals surface area contributed by atoms with Crippen LogP contribution in [0.2, 0.25) is 5.02 Å². The van der Waals surface area contributed by atoms with Gasteiger partial charge in [0.1, 0.15) is 42.3 Å². The zero-order chi connectivity index (χ0) is 46.3. The average molecular weight is 953 g/mol. The van der Waals surface area contributed by atoms with E-state index in [1.807, 2.05) is 60.2 Å². The molecule has 6 heterocycles. The van der Waals surface area contributed by atoms with Gasteiger partial charge >= 0.3 is 0 Å². The summed E-state index contributed by atoms with van der Waals surface area (Å²) < 4.78 is 15.0. The summed E-state index contributed by atoms with van der Waals surface area (Å²) in [6.07, 6.45) is 5.76. The SMILES string of the molecule is COc1c(C)cnc(Cn2cnc3c(N4CCN(C(=O)Cn5cc(COc6ccc(N(C(=O)CCl)C(C(=O)NCCc7ccccc7)c7cccs7)cc6Cl)nn5)CC4)nc(N)nc32)c1C. The maximum absolute atomic E-state index is 13.8. The van der Waals surface area contributed by atoms with Gasteiger partial charge in [-0.15, -0.1) is 28.0 Å². The second-order valence-corrected chi connectivity index (χ2v) is 17.2. The summed E-state index contributed by atoms with van der Waals surface area (Å²) in [6, 6.07) is 17.3. The van der Waals surface area contributed by atoms with Crippen LogP contribution >= 0.6 is 34.5 Å². The highest BCUT2D eigenvalue weighted by Gasteiger charge is 2.34. The van der Waals surface area contributed by atoms with Gasteiger partial charge in [0, 0.05) is 60.6 Å². The summed E-state index contributed by atoms with van der Waals surface area (Å²) in [7, 11) is 1.65. The first-order chi connectivity index (χ1) is 32.0. The first kappa shape index (κ1) is 45.7. The molecule has 1 aliphatic rings. The van der Waals surface area contributed by atoms with Crippen molar-refractivity contribution in [3.05, 3.63) is 123 Å². The lowest BCUT2D eigenvalue weighted by atomic mass is 10.1. The summed E-state index contributed by atoms with van der Waals surface area (Å²) in [5, 5.41) is 13.4. The van der Waals surface area contributed by atoms with Crippen LogP contribution in [0.1, 0.15) is 39.0 Å². The van der Waals surface area contributed by atoms with E-state index in [-0.39, 0.29) is 41.8 Å². The Morgan fingerprint density at radius 1 is 1.02 bits per heavy atom. The molecule has 0 radical (unpaired) electrons. The largest absolute Gasteiger partial charge is 0.496 e. The molecular formula is C45H47Cl2N13O5S. The number of nitrogens with two attached hydrogens (primary N) is 1. The number of piperazine rings is 1. The topological polar surface area (TPSA) is 205 Å². The number of ether oxygens (including phenoxy) is 2. The lowest BCUT2D eigenvalue weighted by molar-refractivity contribution is -0.132. The molecule has 3 amide bonds. The van der Waals surface area contributed by atoms with Gasteiger partial charge in [0.25, 0.3) is 0 Å². The number of thiophene rings is 1. The Morgan fingerprint density at radius 2 is 1.82 bits per heavy atom. The number of anilines is 3. The molecule has 3 N–H and O–H groups in total. The Kier molecular flexibility index (Phi) is 14.2. The molecule has 1 unspecified atom stereocenters. The van der Waals surface area contributed by atoms with Crippen molar-refractivity contribution in [3.8, 4) is 11.5 Å². The number of nitrogens with one attached hydrogen (secondary N) is 1. The summed E-state index contributed by atoms with van der Waals surface area (Å²) >= 11 is 14.2. The van der Waals surface area contributed by atoms with Gasteiger partial charge < -0.3 is 34.9 Å². The van der Waals surface area contributed by atoms with E-state index in [2.05, 4.69) is 40.5 Å². The lowest BCUT2D eigenvalue weighted by Gasteiger charge is -2.35. The molecule has 1 aliphatic heterocycles. The fourth-order valence-electron chi connectivity index (χ4n) is 7.86. The minimum atomic E-state index is -0.986. The number of amides is 3. The van der Waals surface area contributed by atoms with Crippen molar-refractivity contribution in [3.63, 3.8) is 0 Å². The Bertz CT molecular complexity index is 2830. The third-order valence-corrected chi connectivity index (χ3v) is 12.6. The van der Waals surface area contributed by atoms with Crippen LogP contribution in [0.5, 0.6) is 11.5 Å². The van der Waals surface area contributed by atoms with E-state index in [1.54, 1.807) is 55.0 Å². The van der Waals surface area contributed by atoms with E-state index in [9.17, 15) is 14.4 Å². The number of aromatic nitrogens is 8. The number of hydrogen-bond acceptors (Lipinski definition) is 14. The van der Waals surface area contributed by atoms with Crippen LogP contribution in [0.4, 0.5) is 17.5 Å². The van der Waals surface area contributed by atoms with Crippen molar-refractivity contribution < 1.29 is 23.9 Å². The van der Waals surface area contributed by atoms with Crippen LogP contribution in [-0.4, -0.2) is 108 Å². The number of fused-ring (bicyclic) bond motifs is 1. The number of rotatable bonds is 17. The number of halogens is 2. The van der Waals surface area contributed by atoms with Crippen LogP contribution < -0.4 is 30.3 Å². The van der Waals surface area contributed by atoms with Gasteiger partial charge in [-0.1, -0.05) is 53.2 Å². The summed E-state index contributed by atoms with van der Waals surface area (Å²) in [4.78, 5) is 64.8. The standard InChI is InChI=1S/C45H47Cl2N13O5S/c1-28-22-50-34(29(2)41(28)64-3)24-58-27-51-39-42(52-45(48)53-43(39)58)57-17-15-56(16-18-57)38(62)25-59-23-31(54-55-59)26-65-35-12-11-32(20-33(35)47)60(37(61)21-46)40(36-10-7-19-66-36)44(63)49-14-13-30-8-5-4-6-9-30/h4-12,19-20,22-23,27,40H,13-18,21,24-26H2,1-3H3,(H,49,63)(H2,48,52,53). The maximum atomic E-state index is 13.8. The van der Waals surface area contributed by atoms with Crippen LogP contribution in [-0.2, 0) is 40.5 Å². The van der Waals surface area contributed by atoms with Crippen LogP contribution in [0.25, 0.3) is 11.2 Å². The van der Waals surface area contributed by atoms with Crippen molar-refractivity contribution in [2.75, 3.05) is 61.2 Å². The number of carbonyl (C=O) groups excluding carboxylic acids is 3. The first-order valence-corrected chi connectivity index (χ1v) is 22.8. The molecule has 0 saturated carbocycles. The lowest BCUT2D eigenvalue weighted by Crippen LogP contribution is -2.50. The molecular weight excluding hydrogens is 906 g/mol. The molecule has 2 aromatic carbocycles. The maximum Gasteiger partial charge on any atom is 0.248 e. The molecule has 8 rings (SSSR count). The second-order valence-electron chi connectivity index (χ2n) is 15.5. The van der Waals surface area contributed by atoms with Gasteiger partial charge in [-0.05, 0) is 55.5 Å². The predicted octanol–water partition coefficient (Wildman–Crippen LogP) is 5.38. The van der Waals surface area contributed by atoms with E-state index in [4.69, 9.17) is 38.4 Å². The molecule has 1 fully saturated rings. The number of nitrogens with zero attached hydrogens (tertiary/aromatic N) is 11. The van der Waals surface area contributed by atoms with Gasteiger partial charge in [0.05, 0.1) is 36.9 Å². The van der Waals surface area contributed by atoms with Gasteiger partial charge in [0.2, 0.25) is 23.7 Å². The van der Waals surface area contributed by atoms with Crippen molar-refractivity contribution in [2.45, 2.75) is 46.0 Å². The number of carbonyl (C=O) groups is 3. The highest BCUT2D eigenvalue weighted by molar-refractivity contribution is 7.10. The van der Waals surface area contributed by atoms with E-state index in [1.165, 1.54) is 20.9 Å².